The fourth-order valence-electron chi connectivity index (χ4n) is 4.01. The van der Waals surface area contributed by atoms with Gasteiger partial charge in [0.1, 0.15) is 17.8 Å². The molecule has 34 heavy (non-hydrogen) atoms. The van der Waals surface area contributed by atoms with Gasteiger partial charge in [-0.3, -0.25) is 14.9 Å². The van der Waals surface area contributed by atoms with Crippen LogP contribution >= 0.6 is 0 Å². The standard InChI is InChI=1S/C24H35N3O7/c1-15(2)7-8-16-13-19(22(29)33-6)26(14-16)21(28)20(24(3,4)5)25-23(30)34-18-11-9-17(10-12-18)27(31)32/h9-12,15-16,19-20H,7-8,13-14H2,1-6H3,(H,25,30)/t16-,19+,20-/m1/s1. The van der Waals surface area contributed by atoms with Gasteiger partial charge in [0.2, 0.25) is 5.91 Å². The molecule has 1 saturated heterocycles. The summed E-state index contributed by atoms with van der Waals surface area (Å²) in [5.41, 5.74) is -0.812. The second-order valence-electron chi connectivity index (χ2n) is 10.2. The summed E-state index contributed by atoms with van der Waals surface area (Å²) in [7, 11) is 1.30. The average Bonchev–Trinajstić information content (AvgIpc) is 3.19. The van der Waals surface area contributed by atoms with E-state index in [9.17, 15) is 24.5 Å². The van der Waals surface area contributed by atoms with Gasteiger partial charge in [0.05, 0.1) is 12.0 Å². The van der Waals surface area contributed by atoms with Crippen molar-refractivity contribution < 1.29 is 28.8 Å². The van der Waals surface area contributed by atoms with E-state index in [1.54, 1.807) is 20.8 Å². The Morgan fingerprint density at radius 2 is 1.82 bits per heavy atom. The van der Waals surface area contributed by atoms with Crippen LogP contribution in [0.15, 0.2) is 24.3 Å². The number of esters is 1. The number of amides is 2. The average molecular weight is 478 g/mol. The quantitative estimate of drug-likeness (QED) is 0.341. The molecular weight excluding hydrogens is 442 g/mol. The monoisotopic (exact) mass is 477 g/mol. The Hall–Kier alpha value is -3.17. The molecule has 1 fully saturated rings. The van der Waals surface area contributed by atoms with Crippen LogP contribution in [-0.4, -0.2) is 53.5 Å². The molecule has 1 N–H and O–H groups in total. The smallest absolute Gasteiger partial charge is 0.413 e. The van der Waals surface area contributed by atoms with Gasteiger partial charge in [-0.25, -0.2) is 9.59 Å². The molecule has 0 radical (unpaired) electrons. The maximum Gasteiger partial charge on any atom is 0.413 e. The molecule has 1 heterocycles. The molecule has 0 aliphatic carbocycles. The Labute approximate surface area is 200 Å². The normalized spacial score (nSPS) is 19.0. The van der Waals surface area contributed by atoms with Crippen LogP contribution in [0.4, 0.5) is 10.5 Å². The maximum atomic E-state index is 13.6. The van der Waals surface area contributed by atoms with Crippen LogP contribution < -0.4 is 10.1 Å². The highest BCUT2D eigenvalue weighted by atomic mass is 16.6. The largest absolute Gasteiger partial charge is 0.467 e. The van der Waals surface area contributed by atoms with Crippen molar-refractivity contribution in [3.63, 3.8) is 0 Å². The van der Waals surface area contributed by atoms with Crippen LogP contribution in [0.3, 0.4) is 0 Å². The van der Waals surface area contributed by atoms with E-state index in [1.807, 2.05) is 0 Å². The summed E-state index contributed by atoms with van der Waals surface area (Å²) in [5, 5.41) is 13.4. The lowest BCUT2D eigenvalue weighted by atomic mass is 9.85. The first-order valence-electron chi connectivity index (χ1n) is 11.4. The molecule has 2 amide bonds. The Kier molecular flexibility index (Phi) is 9.00. The minimum Gasteiger partial charge on any atom is -0.467 e. The molecule has 0 bridgehead atoms. The second-order valence-corrected chi connectivity index (χ2v) is 10.2. The number of nitrogens with zero attached hydrogens (tertiary/aromatic N) is 2. The highest BCUT2D eigenvalue weighted by Gasteiger charge is 2.45. The van der Waals surface area contributed by atoms with E-state index >= 15 is 0 Å². The van der Waals surface area contributed by atoms with Crippen LogP contribution in [0.25, 0.3) is 0 Å². The van der Waals surface area contributed by atoms with Crippen LogP contribution in [0, 0.1) is 27.4 Å². The molecule has 0 unspecified atom stereocenters. The second kappa shape index (κ2) is 11.3. The first kappa shape index (κ1) is 27.1. The number of nitrogens with one attached hydrogen (secondary N) is 1. The number of likely N-dealkylation sites (tertiary alicyclic amines) is 1. The number of ether oxygens (including phenoxy) is 2. The number of methoxy groups -OCH3 is 1. The summed E-state index contributed by atoms with van der Waals surface area (Å²) in [4.78, 5) is 50.4. The van der Waals surface area contributed by atoms with Gasteiger partial charge in [0.25, 0.3) is 5.69 Å². The van der Waals surface area contributed by atoms with Crippen molar-refractivity contribution in [2.45, 2.75) is 66.0 Å². The van der Waals surface area contributed by atoms with E-state index in [-0.39, 0.29) is 23.3 Å². The van der Waals surface area contributed by atoms with Crippen LogP contribution in [0.5, 0.6) is 5.75 Å². The zero-order valence-corrected chi connectivity index (χ0v) is 20.7. The molecule has 1 aliphatic heterocycles. The van der Waals surface area contributed by atoms with Crippen molar-refractivity contribution in [3.05, 3.63) is 34.4 Å². The van der Waals surface area contributed by atoms with E-state index in [2.05, 4.69) is 19.2 Å². The minimum absolute atomic E-state index is 0.102. The Balaban J connectivity index is 2.17. The summed E-state index contributed by atoms with van der Waals surface area (Å²) >= 11 is 0. The summed E-state index contributed by atoms with van der Waals surface area (Å²) in [6.45, 7) is 10.1. The van der Waals surface area contributed by atoms with Gasteiger partial charge >= 0.3 is 12.1 Å². The molecule has 2 rings (SSSR count). The van der Waals surface area contributed by atoms with E-state index in [1.165, 1.54) is 36.3 Å². The molecule has 0 aromatic heterocycles. The maximum absolute atomic E-state index is 13.6. The molecule has 10 nitrogen and oxygen atoms in total. The number of benzene rings is 1. The SMILES string of the molecule is COC(=O)[C@@H]1C[C@@H](CCC(C)C)CN1C(=O)[C@@H](NC(=O)Oc1ccc([N+](=O)[O-])cc1)C(C)(C)C. The molecular formula is C24H35N3O7. The Morgan fingerprint density at radius 1 is 1.21 bits per heavy atom. The van der Waals surface area contributed by atoms with E-state index < -0.39 is 34.5 Å². The lowest BCUT2D eigenvalue weighted by Gasteiger charge is -2.34. The highest BCUT2D eigenvalue weighted by Crippen LogP contribution is 2.32. The lowest BCUT2D eigenvalue weighted by Crippen LogP contribution is -2.57. The molecule has 1 aromatic carbocycles. The van der Waals surface area contributed by atoms with E-state index in [0.717, 1.165) is 12.8 Å². The molecule has 10 heteroatoms. The zero-order chi connectivity index (χ0) is 25.6. The summed E-state index contributed by atoms with van der Waals surface area (Å²) in [6, 6.07) is 3.38. The van der Waals surface area contributed by atoms with Gasteiger partial charge in [-0.05, 0) is 42.2 Å². The van der Waals surface area contributed by atoms with Crippen molar-refractivity contribution in [2.75, 3.05) is 13.7 Å². The van der Waals surface area contributed by atoms with Crippen molar-refractivity contribution in [2.24, 2.45) is 17.3 Å². The van der Waals surface area contributed by atoms with Crippen molar-refractivity contribution in [1.82, 2.24) is 10.2 Å². The van der Waals surface area contributed by atoms with Gasteiger partial charge in [-0.15, -0.1) is 0 Å². The van der Waals surface area contributed by atoms with E-state index in [0.29, 0.717) is 18.9 Å². The third kappa shape index (κ3) is 7.16. The Morgan fingerprint density at radius 3 is 2.32 bits per heavy atom. The first-order valence-corrected chi connectivity index (χ1v) is 11.4. The van der Waals surface area contributed by atoms with Gasteiger partial charge in [0.15, 0.2) is 0 Å². The molecule has 1 aliphatic rings. The third-order valence-electron chi connectivity index (χ3n) is 5.93. The van der Waals surface area contributed by atoms with Crippen molar-refractivity contribution in [3.8, 4) is 5.75 Å². The molecule has 188 valence electrons. The van der Waals surface area contributed by atoms with Crippen molar-refractivity contribution in [1.29, 1.82) is 0 Å². The topological polar surface area (TPSA) is 128 Å². The molecule has 3 atom stereocenters. The fourth-order valence-corrected chi connectivity index (χ4v) is 4.01. The summed E-state index contributed by atoms with van der Waals surface area (Å²) in [6.07, 6.45) is 1.54. The number of hydrogen-bond donors (Lipinski definition) is 1. The number of hydrogen-bond acceptors (Lipinski definition) is 7. The predicted octanol–water partition coefficient (Wildman–Crippen LogP) is 3.92. The lowest BCUT2D eigenvalue weighted by molar-refractivity contribution is -0.384. The zero-order valence-electron chi connectivity index (χ0n) is 20.7. The highest BCUT2D eigenvalue weighted by molar-refractivity contribution is 5.91. The minimum atomic E-state index is -0.964. The molecule has 0 spiro atoms. The molecule has 1 aromatic rings. The summed E-state index contributed by atoms with van der Waals surface area (Å²) in [5.74, 6) is -0.0645. The van der Waals surface area contributed by atoms with E-state index in [4.69, 9.17) is 9.47 Å². The predicted molar refractivity (Wildman–Crippen MR) is 125 cm³/mol. The number of rotatable bonds is 8. The number of nitro benzene ring substituents is 1. The summed E-state index contributed by atoms with van der Waals surface area (Å²) < 4.78 is 10.2. The van der Waals surface area contributed by atoms with Crippen LogP contribution in [-0.2, 0) is 14.3 Å². The first-order chi connectivity index (χ1) is 15.8. The number of non-ortho nitro benzene ring substituents is 1. The van der Waals surface area contributed by atoms with Crippen LogP contribution in [0.2, 0.25) is 0 Å². The van der Waals surface area contributed by atoms with Gasteiger partial charge in [0, 0.05) is 18.7 Å². The molecule has 0 saturated carbocycles. The fraction of sp³-hybridized carbons (Fsp3) is 0.625. The van der Waals surface area contributed by atoms with Crippen LogP contribution in [0.1, 0.15) is 53.9 Å². The van der Waals surface area contributed by atoms with Crippen molar-refractivity contribution >= 4 is 23.7 Å². The third-order valence-corrected chi connectivity index (χ3v) is 5.93. The number of carbonyl (C=O) groups is 3. The van der Waals surface area contributed by atoms with Gasteiger partial charge in [-0.1, -0.05) is 41.0 Å². The number of carbonyl (C=O) groups excluding carboxylic acids is 3. The van der Waals surface area contributed by atoms with Gasteiger partial charge < -0.3 is 19.7 Å². The number of nitro groups is 1. The Bertz CT molecular complexity index is 893. The van der Waals surface area contributed by atoms with Gasteiger partial charge in [-0.2, -0.15) is 0 Å².